The molecule has 1 unspecified atom stereocenters. The minimum Gasteiger partial charge on any atom is -0.399 e. The van der Waals surface area contributed by atoms with Crippen LogP contribution in [0.5, 0.6) is 0 Å². The van der Waals surface area contributed by atoms with Crippen LogP contribution >= 0.6 is 0 Å². The number of benzene rings is 1. The van der Waals surface area contributed by atoms with E-state index in [2.05, 4.69) is 27.5 Å². The highest BCUT2D eigenvalue weighted by atomic mass is 15.2. The van der Waals surface area contributed by atoms with E-state index in [1.54, 1.807) is 6.20 Å². The highest BCUT2D eigenvalue weighted by Gasteiger charge is 2.13. The van der Waals surface area contributed by atoms with Crippen molar-refractivity contribution in [2.24, 2.45) is 4.99 Å². The molecule has 4 N–H and O–H groups in total. The molecule has 1 atom stereocenters. The summed E-state index contributed by atoms with van der Waals surface area (Å²) >= 11 is 0. The molecule has 112 valence electrons. The SMILES string of the molecule is CCc1ccc(N)cc1NC1=NC(c2cccnc2)C=CN1. The minimum absolute atomic E-state index is 0.0383. The zero-order chi connectivity index (χ0) is 15.4. The maximum atomic E-state index is 5.88. The summed E-state index contributed by atoms with van der Waals surface area (Å²) in [6.07, 6.45) is 8.42. The maximum Gasteiger partial charge on any atom is 0.200 e. The number of aryl methyl sites for hydroxylation is 1. The molecule has 0 saturated heterocycles. The van der Waals surface area contributed by atoms with Crippen LogP contribution < -0.4 is 16.4 Å². The van der Waals surface area contributed by atoms with Gasteiger partial charge in [-0.15, -0.1) is 0 Å². The van der Waals surface area contributed by atoms with Crippen LogP contribution in [0, 0.1) is 0 Å². The molecule has 1 aliphatic heterocycles. The van der Waals surface area contributed by atoms with Gasteiger partial charge in [-0.3, -0.25) is 4.98 Å². The second kappa shape index (κ2) is 6.30. The first kappa shape index (κ1) is 14.1. The number of hydrogen-bond donors (Lipinski definition) is 3. The highest BCUT2D eigenvalue weighted by Crippen LogP contribution is 2.23. The van der Waals surface area contributed by atoms with E-state index in [0.717, 1.165) is 23.4 Å². The molecule has 0 spiro atoms. The number of aromatic nitrogens is 1. The van der Waals surface area contributed by atoms with Crippen LogP contribution in [0.25, 0.3) is 0 Å². The molecule has 0 amide bonds. The fourth-order valence-corrected chi connectivity index (χ4v) is 2.39. The second-order valence-corrected chi connectivity index (χ2v) is 5.11. The Kier molecular flexibility index (Phi) is 4.05. The Balaban J connectivity index is 1.84. The van der Waals surface area contributed by atoms with Gasteiger partial charge >= 0.3 is 0 Å². The number of nitrogens with one attached hydrogen (secondary N) is 2. The number of nitrogens with two attached hydrogens (primary N) is 1. The lowest BCUT2D eigenvalue weighted by Crippen LogP contribution is -2.30. The lowest BCUT2D eigenvalue weighted by molar-refractivity contribution is 0.862. The lowest BCUT2D eigenvalue weighted by atomic mass is 10.1. The Labute approximate surface area is 130 Å². The van der Waals surface area contributed by atoms with Crippen LogP contribution in [0.4, 0.5) is 11.4 Å². The largest absolute Gasteiger partial charge is 0.399 e. The van der Waals surface area contributed by atoms with Crippen LogP contribution in [0.3, 0.4) is 0 Å². The zero-order valence-electron chi connectivity index (χ0n) is 12.5. The molecule has 1 aromatic heterocycles. The van der Waals surface area contributed by atoms with Crippen molar-refractivity contribution in [3.8, 4) is 0 Å². The molecular formula is C17H19N5. The zero-order valence-corrected chi connectivity index (χ0v) is 12.5. The van der Waals surface area contributed by atoms with Crippen molar-refractivity contribution in [3.63, 3.8) is 0 Å². The normalized spacial score (nSPS) is 16.8. The van der Waals surface area contributed by atoms with Crippen molar-refractivity contribution in [1.82, 2.24) is 10.3 Å². The van der Waals surface area contributed by atoms with E-state index in [4.69, 9.17) is 5.73 Å². The Morgan fingerprint density at radius 2 is 2.23 bits per heavy atom. The summed E-state index contributed by atoms with van der Waals surface area (Å²) in [4.78, 5) is 8.83. The molecular weight excluding hydrogens is 274 g/mol. The monoisotopic (exact) mass is 293 g/mol. The Morgan fingerprint density at radius 3 is 3.00 bits per heavy atom. The van der Waals surface area contributed by atoms with Gasteiger partial charge in [0.2, 0.25) is 5.96 Å². The molecule has 0 fully saturated rings. The number of nitrogens with zero attached hydrogens (tertiary/aromatic N) is 2. The predicted octanol–water partition coefficient (Wildman–Crippen LogP) is 2.85. The number of aliphatic imine (C=N–C) groups is 1. The van der Waals surface area contributed by atoms with Crippen molar-refractivity contribution in [2.75, 3.05) is 11.1 Å². The number of hydrogen-bond acceptors (Lipinski definition) is 5. The summed E-state index contributed by atoms with van der Waals surface area (Å²) in [6, 6.07) is 9.78. The average Bonchev–Trinajstić information content (AvgIpc) is 2.56. The van der Waals surface area contributed by atoms with E-state index in [-0.39, 0.29) is 6.04 Å². The van der Waals surface area contributed by atoms with E-state index in [1.165, 1.54) is 5.56 Å². The van der Waals surface area contributed by atoms with Crippen molar-refractivity contribution in [1.29, 1.82) is 0 Å². The van der Waals surface area contributed by atoms with Gasteiger partial charge in [-0.05, 0) is 41.8 Å². The fourth-order valence-electron chi connectivity index (χ4n) is 2.39. The van der Waals surface area contributed by atoms with Crippen molar-refractivity contribution >= 4 is 17.3 Å². The first-order chi connectivity index (χ1) is 10.8. The van der Waals surface area contributed by atoms with Gasteiger partial charge in [-0.25, -0.2) is 4.99 Å². The summed E-state index contributed by atoms with van der Waals surface area (Å²) < 4.78 is 0. The summed E-state index contributed by atoms with van der Waals surface area (Å²) in [5.74, 6) is 0.705. The summed E-state index contributed by atoms with van der Waals surface area (Å²) in [6.45, 7) is 2.12. The van der Waals surface area contributed by atoms with Gasteiger partial charge in [0.1, 0.15) is 6.04 Å². The quantitative estimate of drug-likeness (QED) is 0.761. The number of pyridine rings is 1. The van der Waals surface area contributed by atoms with Gasteiger partial charge in [0.15, 0.2) is 0 Å². The van der Waals surface area contributed by atoms with E-state index < -0.39 is 0 Å². The lowest BCUT2D eigenvalue weighted by Gasteiger charge is -2.19. The van der Waals surface area contributed by atoms with Crippen molar-refractivity contribution in [2.45, 2.75) is 19.4 Å². The summed E-state index contributed by atoms with van der Waals surface area (Å²) in [5, 5.41) is 6.46. The summed E-state index contributed by atoms with van der Waals surface area (Å²) in [7, 11) is 0. The molecule has 2 aromatic rings. The first-order valence-electron chi connectivity index (χ1n) is 7.32. The van der Waals surface area contributed by atoms with Gasteiger partial charge in [0.25, 0.3) is 0 Å². The summed E-state index contributed by atoms with van der Waals surface area (Å²) in [5.41, 5.74) is 9.85. The molecule has 22 heavy (non-hydrogen) atoms. The standard InChI is InChI=1S/C17H19N5/c1-2-12-5-6-14(18)10-16(12)22-17-20-9-7-15(21-17)13-4-3-8-19-11-13/h3-11,15H,2,18H2,1H3,(H2,20,21,22). The number of nitrogen functional groups attached to an aromatic ring is 1. The third-order valence-corrected chi connectivity index (χ3v) is 3.56. The molecule has 1 aromatic carbocycles. The molecule has 2 heterocycles. The topological polar surface area (TPSA) is 75.3 Å². The van der Waals surface area contributed by atoms with Crippen molar-refractivity contribution in [3.05, 3.63) is 66.1 Å². The molecule has 5 nitrogen and oxygen atoms in total. The van der Waals surface area contributed by atoms with Gasteiger partial charge < -0.3 is 16.4 Å². The maximum absolute atomic E-state index is 5.88. The minimum atomic E-state index is -0.0383. The molecule has 3 rings (SSSR count). The van der Waals surface area contributed by atoms with Gasteiger partial charge in [0.05, 0.1) is 0 Å². The van der Waals surface area contributed by atoms with Crippen LogP contribution in [0.15, 0.2) is 60.0 Å². The Morgan fingerprint density at radius 1 is 1.32 bits per heavy atom. The van der Waals surface area contributed by atoms with Crippen LogP contribution in [0.1, 0.15) is 24.1 Å². The Hall–Kier alpha value is -2.82. The van der Waals surface area contributed by atoms with Gasteiger partial charge in [0, 0.05) is 30.0 Å². The van der Waals surface area contributed by atoms with Crippen LogP contribution in [-0.4, -0.2) is 10.9 Å². The average molecular weight is 293 g/mol. The number of guanidine groups is 1. The van der Waals surface area contributed by atoms with Crippen LogP contribution in [-0.2, 0) is 6.42 Å². The second-order valence-electron chi connectivity index (χ2n) is 5.11. The molecule has 0 aliphatic carbocycles. The third kappa shape index (κ3) is 3.09. The molecule has 0 radical (unpaired) electrons. The highest BCUT2D eigenvalue weighted by molar-refractivity contribution is 5.96. The first-order valence-corrected chi connectivity index (χ1v) is 7.32. The molecule has 0 saturated carbocycles. The van der Waals surface area contributed by atoms with Crippen LogP contribution in [0.2, 0.25) is 0 Å². The van der Waals surface area contributed by atoms with E-state index in [9.17, 15) is 0 Å². The van der Waals surface area contributed by atoms with Gasteiger partial charge in [-0.2, -0.15) is 0 Å². The van der Waals surface area contributed by atoms with E-state index in [1.807, 2.05) is 48.8 Å². The Bertz CT molecular complexity index is 706. The number of rotatable bonds is 3. The number of anilines is 2. The fraction of sp³-hybridized carbons (Fsp3) is 0.176. The predicted molar refractivity (Wildman–Crippen MR) is 90.5 cm³/mol. The van der Waals surface area contributed by atoms with Gasteiger partial charge in [-0.1, -0.05) is 19.1 Å². The van der Waals surface area contributed by atoms with E-state index >= 15 is 0 Å². The smallest absolute Gasteiger partial charge is 0.200 e. The van der Waals surface area contributed by atoms with Crippen molar-refractivity contribution < 1.29 is 0 Å². The van der Waals surface area contributed by atoms with E-state index in [0.29, 0.717) is 5.96 Å². The molecule has 0 bridgehead atoms. The molecule has 1 aliphatic rings. The molecule has 5 heteroatoms. The third-order valence-electron chi connectivity index (χ3n) is 3.56.